The average molecular weight is 298 g/mol. The van der Waals surface area contributed by atoms with Gasteiger partial charge in [0.05, 0.1) is 6.61 Å². The lowest BCUT2D eigenvalue weighted by Gasteiger charge is -2.41. The number of hydrogen-bond acceptors (Lipinski definition) is 2. The van der Waals surface area contributed by atoms with Crippen molar-refractivity contribution in [1.29, 1.82) is 0 Å². The summed E-state index contributed by atoms with van der Waals surface area (Å²) in [7, 11) is 6.34. The van der Waals surface area contributed by atoms with Crippen LogP contribution >= 0.6 is 0 Å². The molecule has 2 heteroatoms. The Balaban J connectivity index is 2.52. The van der Waals surface area contributed by atoms with E-state index >= 15 is 0 Å². The number of hydrogen-bond donors (Lipinski definition) is 0. The number of rotatable bonds is 12. The maximum atomic E-state index is 5.69. The highest BCUT2D eigenvalue weighted by Gasteiger charge is 2.40. The van der Waals surface area contributed by atoms with Crippen molar-refractivity contribution in [3.05, 3.63) is 0 Å². The molecule has 0 radical (unpaired) electrons. The molecule has 0 bridgehead atoms. The van der Waals surface area contributed by atoms with Crippen molar-refractivity contribution in [2.24, 2.45) is 11.3 Å². The Hall–Kier alpha value is -0.0800. The van der Waals surface area contributed by atoms with Crippen LogP contribution in [0.2, 0.25) is 0 Å². The highest BCUT2D eigenvalue weighted by atomic mass is 16.5. The molecule has 1 saturated carbocycles. The molecule has 0 heterocycles. The summed E-state index contributed by atoms with van der Waals surface area (Å²) in [5.41, 5.74) is 0.402. The first kappa shape index (κ1) is 19.0. The summed E-state index contributed by atoms with van der Waals surface area (Å²) in [6.07, 6.45) is 15.5. The van der Waals surface area contributed by atoms with Gasteiger partial charge in [0.15, 0.2) is 0 Å². The predicted octanol–water partition coefficient (Wildman–Crippen LogP) is 5.12. The van der Waals surface area contributed by atoms with Gasteiger partial charge in [-0.15, -0.1) is 0 Å². The first-order valence-corrected chi connectivity index (χ1v) is 9.28. The van der Waals surface area contributed by atoms with Crippen LogP contribution in [0.5, 0.6) is 0 Å². The van der Waals surface area contributed by atoms with Crippen LogP contribution in [-0.2, 0) is 4.74 Å². The molecule has 1 atom stereocenters. The average Bonchev–Trinajstić information content (AvgIpc) is 2.96. The van der Waals surface area contributed by atoms with Gasteiger partial charge in [-0.1, -0.05) is 58.3 Å². The molecule has 0 saturated heterocycles. The van der Waals surface area contributed by atoms with Gasteiger partial charge in [0, 0.05) is 19.1 Å². The summed E-state index contributed by atoms with van der Waals surface area (Å²) in [5, 5.41) is 0. The lowest BCUT2D eigenvalue weighted by Crippen LogP contribution is -2.43. The van der Waals surface area contributed by atoms with Gasteiger partial charge in [0.25, 0.3) is 0 Å². The van der Waals surface area contributed by atoms with Crippen LogP contribution in [0.1, 0.15) is 77.6 Å². The van der Waals surface area contributed by atoms with Crippen LogP contribution in [0.3, 0.4) is 0 Å². The van der Waals surface area contributed by atoms with Gasteiger partial charge in [-0.3, -0.25) is 0 Å². The molecule has 0 aromatic heterocycles. The van der Waals surface area contributed by atoms with Crippen molar-refractivity contribution in [1.82, 2.24) is 4.90 Å². The monoisotopic (exact) mass is 297 g/mol. The van der Waals surface area contributed by atoms with E-state index in [2.05, 4.69) is 25.9 Å². The topological polar surface area (TPSA) is 12.5 Å². The standard InChI is InChI=1S/C19H39NO/c1-5-6-7-8-9-12-15-19(17-21-4,16-20(2)3)18-13-10-11-14-18/h18H,5-17H2,1-4H3. The molecule has 0 aromatic rings. The highest BCUT2D eigenvalue weighted by Crippen LogP contribution is 2.44. The van der Waals surface area contributed by atoms with Gasteiger partial charge in [-0.05, 0) is 39.3 Å². The lowest BCUT2D eigenvalue weighted by molar-refractivity contribution is 0.00357. The van der Waals surface area contributed by atoms with E-state index in [9.17, 15) is 0 Å². The van der Waals surface area contributed by atoms with Crippen LogP contribution in [0.4, 0.5) is 0 Å². The van der Waals surface area contributed by atoms with Crippen molar-refractivity contribution >= 4 is 0 Å². The van der Waals surface area contributed by atoms with E-state index in [1.807, 2.05) is 7.11 Å². The molecular formula is C19H39NO. The second-order valence-electron chi connectivity index (χ2n) is 7.53. The number of ether oxygens (including phenoxy) is 1. The Bertz CT molecular complexity index is 248. The minimum Gasteiger partial charge on any atom is -0.384 e. The highest BCUT2D eigenvalue weighted by molar-refractivity contribution is 4.91. The van der Waals surface area contributed by atoms with E-state index in [0.717, 1.165) is 12.5 Å². The van der Waals surface area contributed by atoms with Crippen molar-refractivity contribution < 1.29 is 4.74 Å². The second-order valence-corrected chi connectivity index (χ2v) is 7.53. The fourth-order valence-electron chi connectivity index (χ4n) is 4.36. The summed E-state index contributed by atoms with van der Waals surface area (Å²) < 4.78 is 5.69. The van der Waals surface area contributed by atoms with Crippen LogP contribution < -0.4 is 0 Å². The minimum atomic E-state index is 0.402. The van der Waals surface area contributed by atoms with E-state index in [1.54, 1.807) is 0 Å². The Kier molecular flexibility index (Phi) is 9.59. The van der Waals surface area contributed by atoms with E-state index in [4.69, 9.17) is 4.74 Å². The summed E-state index contributed by atoms with van der Waals surface area (Å²) in [4.78, 5) is 2.38. The summed E-state index contributed by atoms with van der Waals surface area (Å²) in [6.45, 7) is 4.44. The fourth-order valence-corrected chi connectivity index (χ4v) is 4.36. The largest absolute Gasteiger partial charge is 0.384 e. The molecule has 126 valence electrons. The molecular weight excluding hydrogens is 258 g/mol. The summed E-state index contributed by atoms with van der Waals surface area (Å²) >= 11 is 0. The summed E-state index contributed by atoms with van der Waals surface area (Å²) in [6, 6.07) is 0. The Morgan fingerprint density at radius 2 is 1.62 bits per heavy atom. The second kappa shape index (κ2) is 10.6. The van der Waals surface area contributed by atoms with Crippen LogP contribution in [0, 0.1) is 11.3 Å². The van der Waals surface area contributed by atoms with Crippen molar-refractivity contribution in [3.63, 3.8) is 0 Å². The molecule has 1 fully saturated rings. The Morgan fingerprint density at radius 3 is 2.19 bits per heavy atom. The number of unbranched alkanes of at least 4 members (excludes halogenated alkanes) is 5. The third kappa shape index (κ3) is 6.69. The molecule has 1 aliphatic carbocycles. The van der Waals surface area contributed by atoms with E-state index < -0.39 is 0 Å². The van der Waals surface area contributed by atoms with Gasteiger partial charge < -0.3 is 9.64 Å². The SMILES string of the molecule is CCCCCCCCC(COC)(CN(C)C)C1CCCC1. The fraction of sp³-hybridized carbons (Fsp3) is 1.00. The van der Waals surface area contributed by atoms with Gasteiger partial charge >= 0.3 is 0 Å². The Morgan fingerprint density at radius 1 is 1.00 bits per heavy atom. The van der Waals surface area contributed by atoms with Gasteiger partial charge in [-0.2, -0.15) is 0 Å². The molecule has 0 spiro atoms. The summed E-state index contributed by atoms with van der Waals surface area (Å²) in [5.74, 6) is 0.885. The third-order valence-electron chi connectivity index (χ3n) is 5.31. The molecule has 1 aliphatic rings. The molecule has 21 heavy (non-hydrogen) atoms. The van der Waals surface area contributed by atoms with Gasteiger partial charge in [0.2, 0.25) is 0 Å². The zero-order valence-electron chi connectivity index (χ0n) is 15.1. The van der Waals surface area contributed by atoms with Crippen LogP contribution in [-0.4, -0.2) is 39.3 Å². The first-order valence-electron chi connectivity index (χ1n) is 9.28. The quantitative estimate of drug-likeness (QED) is 0.463. The van der Waals surface area contributed by atoms with E-state index in [0.29, 0.717) is 5.41 Å². The first-order chi connectivity index (χ1) is 10.1. The molecule has 0 amide bonds. The van der Waals surface area contributed by atoms with Crippen molar-refractivity contribution in [3.8, 4) is 0 Å². The lowest BCUT2D eigenvalue weighted by atomic mass is 9.71. The minimum absolute atomic E-state index is 0.402. The van der Waals surface area contributed by atoms with E-state index in [-0.39, 0.29) is 0 Å². The smallest absolute Gasteiger partial charge is 0.0533 e. The van der Waals surface area contributed by atoms with Crippen molar-refractivity contribution in [2.75, 3.05) is 34.4 Å². The van der Waals surface area contributed by atoms with Crippen LogP contribution in [0.25, 0.3) is 0 Å². The molecule has 0 N–H and O–H groups in total. The molecule has 1 rings (SSSR count). The zero-order valence-corrected chi connectivity index (χ0v) is 15.1. The number of nitrogens with zero attached hydrogens (tertiary/aromatic N) is 1. The molecule has 0 aromatic carbocycles. The van der Waals surface area contributed by atoms with Crippen molar-refractivity contribution in [2.45, 2.75) is 77.6 Å². The third-order valence-corrected chi connectivity index (χ3v) is 5.31. The maximum absolute atomic E-state index is 5.69. The zero-order chi connectivity index (χ0) is 15.6. The molecule has 1 unspecified atom stereocenters. The predicted molar refractivity (Wildman–Crippen MR) is 92.8 cm³/mol. The van der Waals surface area contributed by atoms with Crippen LogP contribution in [0.15, 0.2) is 0 Å². The molecule has 0 aliphatic heterocycles. The Labute approximate surface area is 133 Å². The normalized spacial score (nSPS) is 19.3. The maximum Gasteiger partial charge on any atom is 0.0533 e. The van der Waals surface area contributed by atoms with Gasteiger partial charge in [-0.25, -0.2) is 0 Å². The van der Waals surface area contributed by atoms with Gasteiger partial charge in [0.1, 0.15) is 0 Å². The number of methoxy groups -OCH3 is 1. The molecule has 2 nitrogen and oxygen atoms in total. The van der Waals surface area contributed by atoms with E-state index in [1.165, 1.54) is 77.2 Å².